The summed E-state index contributed by atoms with van der Waals surface area (Å²) in [6.07, 6.45) is 1.97. The van der Waals surface area contributed by atoms with E-state index in [9.17, 15) is 4.79 Å². The van der Waals surface area contributed by atoms with E-state index in [1.54, 1.807) is 0 Å². The molecular weight excluding hydrogens is 370 g/mol. The number of ether oxygens (including phenoxy) is 1. The number of anilines is 1. The number of para-hydroxylation sites is 1. The molecule has 3 aliphatic rings. The Bertz CT molecular complexity index is 878. The summed E-state index contributed by atoms with van der Waals surface area (Å²) in [4.78, 5) is 24.7. The molecule has 5 rings (SSSR count). The van der Waals surface area contributed by atoms with E-state index in [-0.39, 0.29) is 11.9 Å². The van der Waals surface area contributed by atoms with Crippen LogP contribution in [0.4, 0.5) is 6.01 Å². The first kappa shape index (κ1) is 18.8. The van der Waals surface area contributed by atoms with E-state index in [1.165, 1.54) is 0 Å². The molecule has 1 aromatic carbocycles. The monoisotopic (exact) mass is 399 g/mol. The van der Waals surface area contributed by atoms with Crippen molar-refractivity contribution >= 4 is 23.0 Å². The Balaban J connectivity index is 1.34. The second-order valence-electron chi connectivity index (χ2n) is 8.58. The van der Waals surface area contributed by atoms with Crippen LogP contribution in [0.2, 0.25) is 0 Å². The number of carbonyl (C=O) groups excluding carboxylic acids is 1. The lowest BCUT2D eigenvalue weighted by Crippen LogP contribution is -2.63. The van der Waals surface area contributed by atoms with Gasteiger partial charge in [0.25, 0.3) is 11.9 Å². The second-order valence-corrected chi connectivity index (χ2v) is 8.58. The van der Waals surface area contributed by atoms with Crippen molar-refractivity contribution in [3.63, 3.8) is 0 Å². The molecule has 1 amide bonds. The number of nitrogens with one attached hydrogen (secondary N) is 1. The van der Waals surface area contributed by atoms with Crippen LogP contribution in [0, 0.1) is 0 Å². The zero-order valence-electron chi connectivity index (χ0n) is 17.1. The number of amides is 1. The first-order valence-electron chi connectivity index (χ1n) is 10.5. The standard InChI is InChI=1S/C21H29N5O3/c1-24-12-15-10-14(11-16(13-24)25(15)2)22-20(27)17-4-3-5-18-19(17)23-21(29-18)26-6-8-28-9-7-26/h3-5,14-16H,6-13H2,1-2H3,(H,22,27). The van der Waals surface area contributed by atoms with Crippen LogP contribution in [0.25, 0.3) is 11.1 Å². The summed E-state index contributed by atoms with van der Waals surface area (Å²) in [7, 11) is 4.40. The van der Waals surface area contributed by atoms with E-state index in [0.717, 1.165) is 39.0 Å². The smallest absolute Gasteiger partial charge is 0.298 e. The van der Waals surface area contributed by atoms with Gasteiger partial charge in [-0.25, -0.2) is 0 Å². The fourth-order valence-corrected chi connectivity index (χ4v) is 4.98. The molecule has 0 radical (unpaired) electrons. The third-order valence-corrected chi connectivity index (χ3v) is 6.58. The van der Waals surface area contributed by atoms with Gasteiger partial charge in [-0.15, -0.1) is 0 Å². The van der Waals surface area contributed by atoms with Gasteiger partial charge in [-0.1, -0.05) is 6.07 Å². The Morgan fingerprint density at radius 3 is 2.59 bits per heavy atom. The third-order valence-electron chi connectivity index (χ3n) is 6.58. The van der Waals surface area contributed by atoms with E-state index < -0.39 is 0 Å². The fourth-order valence-electron chi connectivity index (χ4n) is 4.98. The molecular formula is C21H29N5O3. The minimum Gasteiger partial charge on any atom is -0.423 e. The van der Waals surface area contributed by atoms with Gasteiger partial charge in [0.2, 0.25) is 0 Å². The maximum absolute atomic E-state index is 13.1. The van der Waals surface area contributed by atoms with Crippen molar-refractivity contribution in [3.05, 3.63) is 23.8 Å². The summed E-state index contributed by atoms with van der Waals surface area (Å²) in [6, 6.07) is 7.33. The molecule has 0 saturated carbocycles. The van der Waals surface area contributed by atoms with Crippen molar-refractivity contribution in [3.8, 4) is 0 Å². The second kappa shape index (κ2) is 7.59. The SMILES string of the molecule is CN1CC2CC(NC(=O)c3cccc4oc(N5CCOCC5)nc34)CC(C1)N2C. The number of likely N-dealkylation sites (N-methyl/N-ethyl adjacent to an activating group) is 2. The molecule has 8 nitrogen and oxygen atoms in total. The lowest BCUT2D eigenvalue weighted by atomic mass is 9.88. The molecule has 156 valence electrons. The quantitative estimate of drug-likeness (QED) is 0.831. The number of fused-ring (bicyclic) bond motifs is 3. The third kappa shape index (κ3) is 3.60. The summed E-state index contributed by atoms with van der Waals surface area (Å²) >= 11 is 0. The van der Waals surface area contributed by atoms with Crippen LogP contribution in [0.5, 0.6) is 0 Å². The number of nitrogens with zero attached hydrogens (tertiary/aromatic N) is 4. The number of piperidine rings is 1. The topological polar surface area (TPSA) is 74.1 Å². The highest BCUT2D eigenvalue weighted by Crippen LogP contribution is 2.28. The summed E-state index contributed by atoms with van der Waals surface area (Å²) in [6.45, 7) is 4.95. The normalized spacial score (nSPS) is 28.6. The van der Waals surface area contributed by atoms with Gasteiger partial charge >= 0.3 is 0 Å². The van der Waals surface area contributed by atoms with Gasteiger partial charge in [-0.05, 0) is 39.1 Å². The van der Waals surface area contributed by atoms with E-state index in [0.29, 0.717) is 48.0 Å². The molecule has 0 aliphatic carbocycles. The minimum atomic E-state index is -0.0570. The van der Waals surface area contributed by atoms with Crippen LogP contribution in [0.1, 0.15) is 23.2 Å². The van der Waals surface area contributed by atoms with Gasteiger partial charge in [-0.2, -0.15) is 4.98 Å². The lowest BCUT2D eigenvalue weighted by molar-refractivity contribution is 0.00841. The van der Waals surface area contributed by atoms with Gasteiger partial charge < -0.3 is 24.3 Å². The van der Waals surface area contributed by atoms with Gasteiger partial charge in [-0.3, -0.25) is 9.69 Å². The number of morpholine rings is 1. The highest BCUT2D eigenvalue weighted by molar-refractivity contribution is 6.04. The van der Waals surface area contributed by atoms with Crippen molar-refractivity contribution in [1.29, 1.82) is 0 Å². The molecule has 0 spiro atoms. The number of aromatic nitrogens is 1. The van der Waals surface area contributed by atoms with E-state index in [2.05, 4.69) is 39.1 Å². The molecule has 8 heteroatoms. The fraction of sp³-hybridized carbons (Fsp3) is 0.619. The largest absolute Gasteiger partial charge is 0.423 e. The Hall–Kier alpha value is -2.16. The number of carbonyl (C=O) groups is 1. The number of hydrogen-bond donors (Lipinski definition) is 1. The van der Waals surface area contributed by atoms with Crippen molar-refractivity contribution in [2.45, 2.75) is 31.0 Å². The lowest BCUT2D eigenvalue weighted by Gasteiger charge is -2.50. The molecule has 2 atom stereocenters. The van der Waals surface area contributed by atoms with Crippen LogP contribution in [0.15, 0.2) is 22.6 Å². The van der Waals surface area contributed by atoms with E-state index in [1.807, 2.05) is 18.2 Å². The average Bonchev–Trinajstić information content (AvgIpc) is 3.15. The van der Waals surface area contributed by atoms with Crippen LogP contribution in [0.3, 0.4) is 0 Å². The number of hydrogen-bond acceptors (Lipinski definition) is 7. The van der Waals surface area contributed by atoms with E-state index in [4.69, 9.17) is 9.15 Å². The minimum absolute atomic E-state index is 0.0570. The number of piperazine rings is 1. The van der Waals surface area contributed by atoms with Crippen LogP contribution < -0.4 is 10.2 Å². The predicted molar refractivity (Wildman–Crippen MR) is 110 cm³/mol. The van der Waals surface area contributed by atoms with Gasteiger partial charge in [0.05, 0.1) is 18.8 Å². The summed E-state index contributed by atoms with van der Waals surface area (Å²) in [5.74, 6) is -0.0570. The van der Waals surface area contributed by atoms with Crippen LogP contribution in [-0.2, 0) is 4.74 Å². The average molecular weight is 399 g/mol. The van der Waals surface area contributed by atoms with Crippen molar-refractivity contribution < 1.29 is 13.9 Å². The molecule has 29 heavy (non-hydrogen) atoms. The first-order chi connectivity index (χ1) is 14.1. The van der Waals surface area contributed by atoms with Crippen molar-refractivity contribution in [2.75, 3.05) is 58.4 Å². The number of likely N-dealkylation sites (tertiary alicyclic amines) is 1. The molecule has 2 bridgehead atoms. The molecule has 3 aliphatic heterocycles. The maximum Gasteiger partial charge on any atom is 0.298 e. The molecule has 2 unspecified atom stereocenters. The Kier molecular flexibility index (Phi) is 4.93. The summed E-state index contributed by atoms with van der Waals surface area (Å²) in [5.41, 5.74) is 1.88. The molecule has 1 aromatic heterocycles. The highest BCUT2D eigenvalue weighted by atomic mass is 16.5. The van der Waals surface area contributed by atoms with Crippen LogP contribution >= 0.6 is 0 Å². The van der Waals surface area contributed by atoms with E-state index >= 15 is 0 Å². The van der Waals surface area contributed by atoms with Gasteiger partial charge in [0, 0.05) is 44.3 Å². The predicted octanol–water partition coefficient (Wildman–Crippen LogP) is 1.17. The summed E-state index contributed by atoms with van der Waals surface area (Å²) in [5, 5.41) is 3.28. The zero-order valence-corrected chi connectivity index (χ0v) is 17.1. The molecule has 3 saturated heterocycles. The number of oxazole rings is 1. The van der Waals surface area contributed by atoms with Gasteiger partial charge in [0.1, 0.15) is 5.52 Å². The summed E-state index contributed by atoms with van der Waals surface area (Å²) < 4.78 is 11.3. The maximum atomic E-state index is 13.1. The first-order valence-corrected chi connectivity index (χ1v) is 10.5. The molecule has 1 N–H and O–H groups in total. The molecule has 3 fully saturated rings. The number of benzene rings is 1. The molecule has 4 heterocycles. The zero-order chi connectivity index (χ0) is 20.0. The van der Waals surface area contributed by atoms with Crippen molar-refractivity contribution in [1.82, 2.24) is 20.1 Å². The van der Waals surface area contributed by atoms with Crippen molar-refractivity contribution in [2.24, 2.45) is 0 Å². The Labute approximate surface area is 170 Å². The highest BCUT2D eigenvalue weighted by Gasteiger charge is 2.38. The number of rotatable bonds is 3. The van der Waals surface area contributed by atoms with Gasteiger partial charge in [0.15, 0.2) is 5.58 Å². The Morgan fingerprint density at radius 2 is 1.86 bits per heavy atom. The molecule has 2 aromatic rings. The van der Waals surface area contributed by atoms with Crippen LogP contribution in [-0.4, -0.2) is 92.3 Å². The Morgan fingerprint density at radius 1 is 1.14 bits per heavy atom.